The van der Waals surface area contributed by atoms with Crippen LogP contribution < -0.4 is 0 Å². The minimum absolute atomic E-state index is 0.148. The lowest BCUT2D eigenvalue weighted by Crippen LogP contribution is -2.05. The van der Waals surface area contributed by atoms with Gasteiger partial charge >= 0.3 is 5.97 Å². The van der Waals surface area contributed by atoms with Crippen LogP contribution in [-0.4, -0.2) is 17.9 Å². The summed E-state index contributed by atoms with van der Waals surface area (Å²) in [6.45, 7) is 1.89. The van der Waals surface area contributed by atoms with Crippen LogP contribution in [0.25, 0.3) is 0 Å². The summed E-state index contributed by atoms with van der Waals surface area (Å²) in [6.07, 6.45) is 0.859. The molecular formula is C6H8O3. The van der Waals surface area contributed by atoms with Crippen LogP contribution in [0, 0.1) is 0 Å². The van der Waals surface area contributed by atoms with E-state index in [0.717, 1.165) is 6.42 Å². The summed E-state index contributed by atoms with van der Waals surface area (Å²) in [6, 6.07) is 0. The van der Waals surface area contributed by atoms with Crippen molar-refractivity contribution in [2.24, 2.45) is 0 Å². The zero-order chi connectivity index (χ0) is 6.85. The molecule has 0 spiro atoms. The predicted molar refractivity (Wildman–Crippen MR) is 29.8 cm³/mol. The molecule has 0 saturated carbocycles. The Kier molecular flexibility index (Phi) is 1.51. The SMILES string of the molecule is CCC1CC(=O)C(=O)O1. The van der Waals surface area contributed by atoms with Gasteiger partial charge in [-0.25, -0.2) is 4.79 Å². The lowest BCUT2D eigenvalue weighted by molar-refractivity contribution is -0.148. The zero-order valence-corrected chi connectivity index (χ0v) is 5.22. The quantitative estimate of drug-likeness (QED) is 0.376. The summed E-state index contributed by atoms with van der Waals surface area (Å²) in [5.74, 6) is -1.05. The smallest absolute Gasteiger partial charge is 0.375 e. The number of ketones is 1. The second kappa shape index (κ2) is 2.17. The van der Waals surface area contributed by atoms with E-state index in [2.05, 4.69) is 4.74 Å². The standard InChI is InChI=1S/C6H8O3/c1-2-4-3-5(7)6(8)9-4/h4H,2-3H2,1H3. The number of rotatable bonds is 1. The Morgan fingerprint density at radius 3 is 2.56 bits per heavy atom. The van der Waals surface area contributed by atoms with E-state index in [0.29, 0.717) is 0 Å². The van der Waals surface area contributed by atoms with Crippen LogP contribution in [-0.2, 0) is 14.3 Å². The molecule has 0 radical (unpaired) electrons. The Morgan fingerprint density at radius 2 is 2.33 bits per heavy atom. The molecule has 1 atom stereocenters. The minimum atomic E-state index is -0.665. The van der Waals surface area contributed by atoms with Gasteiger partial charge in [0, 0.05) is 0 Å². The maximum Gasteiger partial charge on any atom is 0.375 e. The fraction of sp³-hybridized carbons (Fsp3) is 0.667. The van der Waals surface area contributed by atoms with Gasteiger partial charge in [-0.1, -0.05) is 6.92 Å². The molecule has 3 nitrogen and oxygen atoms in total. The topological polar surface area (TPSA) is 43.4 Å². The summed E-state index contributed by atoms with van der Waals surface area (Å²) < 4.78 is 4.63. The second-order valence-electron chi connectivity index (χ2n) is 2.06. The number of Topliss-reactive ketones (excluding diaryl/α,β-unsaturated/α-hetero) is 1. The maximum atomic E-state index is 10.5. The Hall–Kier alpha value is -0.860. The molecule has 0 N–H and O–H groups in total. The zero-order valence-electron chi connectivity index (χ0n) is 5.22. The van der Waals surface area contributed by atoms with E-state index in [1.165, 1.54) is 0 Å². The van der Waals surface area contributed by atoms with E-state index in [1.807, 2.05) is 6.92 Å². The highest BCUT2D eigenvalue weighted by Crippen LogP contribution is 2.12. The lowest BCUT2D eigenvalue weighted by Gasteiger charge is -2.00. The first-order valence-corrected chi connectivity index (χ1v) is 2.98. The molecule has 0 amide bonds. The van der Waals surface area contributed by atoms with Gasteiger partial charge in [0.15, 0.2) is 0 Å². The predicted octanol–water partition coefficient (Wildman–Crippen LogP) is 0.281. The van der Waals surface area contributed by atoms with Crippen LogP contribution in [0.5, 0.6) is 0 Å². The van der Waals surface area contributed by atoms with E-state index in [4.69, 9.17) is 0 Å². The maximum absolute atomic E-state index is 10.5. The third kappa shape index (κ3) is 1.09. The van der Waals surface area contributed by atoms with E-state index in [1.54, 1.807) is 0 Å². The summed E-state index contributed by atoms with van der Waals surface area (Å²) >= 11 is 0. The molecule has 1 unspecified atom stereocenters. The van der Waals surface area contributed by atoms with Crippen molar-refractivity contribution >= 4 is 11.8 Å². The molecule has 1 aliphatic rings. The molecular weight excluding hydrogens is 120 g/mol. The van der Waals surface area contributed by atoms with Crippen molar-refractivity contribution in [2.45, 2.75) is 25.9 Å². The monoisotopic (exact) mass is 128 g/mol. The molecule has 9 heavy (non-hydrogen) atoms. The van der Waals surface area contributed by atoms with Crippen molar-refractivity contribution in [3.8, 4) is 0 Å². The molecule has 1 heterocycles. The van der Waals surface area contributed by atoms with Crippen molar-refractivity contribution in [3.05, 3.63) is 0 Å². The first-order chi connectivity index (χ1) is 4.24. The van der Waals surface area contributed by atoms with Crippen LogP contribution in [0.15, 0.2) is 0 Å². The van der Waals surface area contributed by atoms with Gasteiger partial charge in [-0.3, -0.25) is 4.79 Å². The van der Waals surface area contributed by atoms with Crippen LogP contribution in [0.4, 0.5) is 0 Å². The highest BCUT2D eigenvalue weighted by molar-refractivity contribution is 6.35. The van der Waals surface area contributed by atoms with Gasteiger partial charge in [-0.2, -0.15) is 0 Å². The largest absolute Gasteiger partial charge is 0.456 e. The number of carbonyl (C=O) groups is 2. The Labute approximate surface area is 53.0 Å². The molecule has 50 valence electrons. The van der Waals surface area contributed by atoms with Gasteiger partial charge in [0.05, 0.1) is 6.42 Å². The van der Waals surface area contributed by atoms with Crippen LogP contribution in [0.2, 0.25) is 0 Å². The highest BCUT2D eigenvalue weighted by atomic mass is 16.6. The number of carbonyl (C=O) groups excluding carboxylic acids is 2. The fourth-order valence-corrected chi connectivity index (χ4v) is 0.777. The normalized spacial score (nSPS) is 26.6. The van der Waals surface area contributed by atoms with Crippen molar-refractivity contribution in [3.63, 3.8) is 0 Å². The van der Waals surface area contributed by atoms with E-state index in [9.17, 15) is 9.59 Å². The van der Waals surface area contributed by atoms with Gasteiger partial charge in [0.1, 0.15) is 6.10 Å². The first-order valence-electron chi connectivity index (χ1n) is 2.98. The molecule has 1 aliphatic heterocycles. The highest BCUT2D eigenvalue weighted by Gasteiger charge is 2.30. The van der Waals surface area contributed by atoms with Gasteiger partial charge in [-0.15, -0.1) is 0 Å². The van der Waals surface area contributed by atoms with Crippen LogP contribution >= 0.6 is 0 Å². The van der Waals surface area contributed by atoms with Gasteiger partial charge in [-0.05, 0) is 6.42 Å². The Balaban J connectivity index is 2.54. The van der Waals surface area contributed by atoms with Crippen molar-refractivity contribution in [1.82, 2.24) is 0 Å². The molecule has 0 aromatic carbocycles. The fourth-order valence-electron chi connectivity index (χ4n) is 0.777. The van der Waals surface area contributed by atoms with Crippen LogP contribution in [0.1, 0.15) is 19.8 Å². The third-order valence-electron chi connectivity index (χ3n) is 1.37. The third-order valence-corrected chi connectivity index (χ3v) is 1.37. The molecule has 0 bridgehead atoms. The minimum Gasteiger partial charge on any atom is -0.456 e. The average Bonchev–Trinajstić information content (AvgIpc) is 2.13. The first kappa shape index (κ1) is 6.26. The summed E-state index contributed by atoms with van der Waals surface area (Å²) in [4.78, 5) is 20.8. The number of hydrogen-bond acceptors (Lipinski definition) is 3. The van der Waals surface area contributed by atoms with Crippen molar-refractivity contribution in [1.29, 1.82) is 0 Å². The Morgan fingerprint density at radius 1 is 1.67 bits per heavy atom. The molecule has 1 rings (SSSR count). The van der Waals surface area contributed by atoms with Crippen molar-refractivity contribution < 1.29 is 14.3 Å². The second-order valence-corrected chi connectivity index (χ2v) is 2.06. The number of cyclic esters (lactones) is 1. The van der Waals surface area contributed by atoms with E-state index in [-0.39, 0.29) is 18.3 Å². The average molecular weight is 128 g/mol. The molecule has 3 heteroatoms. The molecule has 0 aromatic heterocycles. The number of esters is 1. The summed E-state index contributed by atoms with van der Waals surface area (Å²) in [5.41, 5.74) is 0. The lowest BCUT2D eigenvalue weighted by atomic mass is 10.2. The molecule has 1 fully saturated rings. The van der Waals surface area contributed by atoms with E-state index < -0.39 is 5.97 Å². The molecule has 0 aliphatic carbocycles. The molecule has 1 saturated heterocycles. The summed E-state index contributed by atoms with van der Waals surface area (Å²) in [7, 11) is 0. The molecule has 0 aromatic rings. The van der Waals surface area contributed by atoms with E-state index >= 15 is 0 Å². The van der Waals surface area contributed by atoms with Crippen LogP contribution in [0.3, 0.4) is 0 Å². The summed E-state index contributed by atoms with van der Waals surface area (Å²) in [5, 5.41) is 0. The Bertz CT molecular complexity index is 134. The van der Waals surface area contributed by atoms with Crippen molar-refractivity contribution in [2.75, 3.05) is 0 Å². The van der Waals surface area contributed by atoms with Gasteiger partial charge in [0.25, 0.3) is 0 Å². The van der Waals surface area contributed by atoms with Gasteiger partial charge in [0.2, 0.25) is 5.78 Å². The number of hydrogen-bond donors (Lipinski definition) is 0. The number of ether oxygens (including phenoxy) is 1. The van der Waals surface area contributed by atoms with Gasteiger partial charge < -0.3 is 4.74 Å².